The SMILES string of the molecule is CC.CCOC(=O)CCCN(C)c1ccc(N)cc1.[NH2+]=c1ccc2c(ccc3c(-c4ccccc4C(F)(F)F)c4ccc5c6c7c(cc5c4oc32)CCCN7CCC6)c1. The van der Waals surface area contributed by atoms with Crippen molar-refractivity contribution in [3.63, 3.8) is 0 Å². The van der Waals surface area contributed by atoms with E-state index < -0.39 is 11.7 Å². The Balaban J connectivity index is 0.000000235. The van der Waals surface area contributed by atoms with Crippen molar-refractivity contribution in [3.8, 4) is 11.1 Å². The third-order valence-electron chi connectivity index (χ3n) is 11.2. The number of nitrogen functional groups attached to an aromatic ring is 1. The summed E-state index contributed by atoms with van der Waals surface area (Å²) in [5, 5.41) is 11.8. The van der Waals surface area contributed by atoms with Crippen molar-refractivity contribution in [1.82, 2.24) is 0 Å². The van der Waals surface area contributed by atoms with Crippen molar-refractivity contribution < 1.29 is 32.5 Å². The molecule has 6 aromatic carbocycles. The van der Waals surface area contributed by atoms with Gasteiger partial charge in [-0.15, -0.1) is 0 Å². The van der Waals surface area contributed by atoms with Crippen LogP contribution in [0.4, 0.5) is 30.2 Å². The fourth-order valence-electron chi connectivity index (χ4n) is 8.62. The van der Waals surface area contributed by atoms with Crippen LogP contribution in [0.5, 0.6) is 0 Å². The standard InChI is InChI=1S/C34H25F3N2O.C13H20N2O2.C2H6/c35-34(36,37)29-8-2-1-6-25(29)30-26-11-9-19-17-21(38)10-12-22(19)32(26)40-33-27(30)14-13-23-24-7-4-16-39-15-3-5-20(31(24)39)18-28(23)33;1-3-17-13(16)5-4-10-15(2)12-8-6-11(14)7-9-12;1-2/h1-2,6,8-14,17-18,38H,3-5,7,15-16H2;6-9H,3-5,10,14H2,1-2H3;1-2H3/p+1. The number of carbonyl (C=O) groups excluding carboxylic acids is 1. The molecular formula is C49H52F3N4O3+. The first-order valence-electron chi connectivity index (χ1n) is 20.6. The summed E-state index contributed by atoms with van der Waals surface area (Å²) < 4.78 is 54.8. The molecular weight excluding hydrogens is 750 g/mol. The van der Waals surface area contributed by atoms with Crippen LogP contribution < -0.4 is 26.3 Å². The van der Waals surface area contributed by atoms with Crippen molar-refractivity contribution in [2.24, 2.45) is 0 Å². The summed E-state index contributed by atoms with van der Waals surface area (Å²) >= 11 is 0. The molecule has 0 amide bonds. The van der Waals surface area contributed by atoms with E-state index in [4.69, 9.17) is 20.3 Å². The van der Waals surface area contributed by atoms with Crippen LogP contribution in [-0.4, -0.2) is 39.3 Å². The summed E-state index contributed by atoms with van der Waals surface area (Å²) in [6.45, 7) is 9.23. The number of nitrogens with two attached hydrogens (primary N) is 2. The van der Waals surface area contributed by atoms with Crippen molar-refractivity contribution in [3.05, 3.63) is 119 Å². The summed E-state index contributed by atoms with van der Waals surface area (Å²) in [5.41, 5.74) is 12.7. The number of halogens is 3. The number of hydrogen-bond donors (Lipinski definition) is 2. The number of hydrogen-bond acceptors (Lipinski definition) is 6. The molecule has 3 heterocycles. The number of ether oxygens (including phenoxy) is 1. The molecule has 10 heteroatoms. The van der Waals surface area contributed by atoms with Gasteiger partial charge in [-0.2, -0.15) is 13.2 Å². The molecule has 7 aromatic rings. The number of esters is 1. The predicted molar refractivity (Wildman–Crippen MR) is 234 cm³/mol. The molecule has 0 saturated carbocycles. The van der Waals surface area contributed by atoms with Crippen molar-refractivity contribution in [2.75, 3.05) is 48.8 Å². The average Bonchev–Trinajstić information content (AvgIpc) is 3.24. The molecule has 0 fully saturated rings. The number of carbonyl (C=O) groups is 1. The Morgan fingerprint density at radius 2 is 1.51 bits per heavy atom. The second-order valence-electron chi connectivity index (χ2n) is 15.0. The van der Waals surface area contributed by atoms with Crippen molar-refractivity contribution in [1.29, 1.82) is 0 Å². The van der Waals surface area contributed by atoms with Crippen LogP contribution in [0.15, 0.2) is 101 Å². The normalized spacial score (nSPS) is 13.4. The molecule has 0 aliphatic carbocycles. The summed E-state index contributed by atoms with van der Waals surface area (Å²) in [7, 11) is 2.00. The van der Waals surface area contributed by atoms with Gasteiger partial charge in [0.15, 0.2) is 5.36 Å². The lowest BCUT2D eigenvalue weighted by Crippen LogP contribution is -2.44. The molecule has 0 unspecified atom stereocenters. The molecule has 7 nitrogen and oxygen atoms in total. The molecule has 0 spiro atoms. The lowest BCUT2D eigenvalue weighted by molar-refractivity contribution is -0.172. The van der Waals surface area contributed by atoms with E-state index in [1.54, 1.807) is 12.1 Å². The van der Waals surface area contributed by atoms with Crippen LogP contribution in [0.3, 0.4) is 0 Å². The molecule has 0 atom stereocenters. The van der Waals surface area contributed by atoms with E-state index >= 15 is 0 Å². The minimum absolute atomic E-state index is 0.127. The Kier molecular flexibility index (Phi) is 12.2. The summed E-state index contributed by atoms with van der Waals surface area (Å²) in [6, 6.07) is 29.2. The monoisotopic (exact) mass is 801 g/mol. The Hall–Kier alpha value is -6.03. The second kappa shape index (κ2) is 17.4. The van der Waals surface area contributed by atoms with Gasteiger partial charge in [-0.25, -0.2) is 0 Å². The van der Waals surface area contributed by atoms with Gasteiger partial charge in [0.1, 0.15) is 11.2 Å². The summed E-state index contributed by atoms with van der Waals surface area (Å²) in [4.78, 5) is 15.7. The third-order valence-corrected chi connectivity index (χ3v) is 11.2. The third kappa shape index (κ3) is 8.31. The highest BCUT2D eigenvalue weighted by Crippen LogP contribution is 2.48. The van der Waals surface area contributed by atoms with Gasteiger partial charge >= 0.3 is 12.1 Å². The lowest BCUT2D eigenvalue weighted by Gasteiger charge is -2.37. The highest BCUT2D eigenvalue weighted by molar-refractivity contribution is 6.20. The van der Waals surface area contributed by atoms with Crippen molar-refractivity contribution in [2.45, 2.75) is 65.5 Å². The van der Waals surface area contributed by atoms with E-state index in [1.165, 1.54) is 22.9 Å². The molecule has 4 N–H and O–H groups in total. The number of aryl methyl sites for hydroxylation is 2. The molecule has 0 saturated heterocycles. The number of nitrogens with zero attached hydrogens (tertiary/aromatic N) is 2. The highest BCUT2D eigenvalue weighted by Gasteiger charge is 2.35. The molecule has 59 heavy (non-hydrogen) atoms. The molecule has 1 aromatic heterocycles. The van der Waals surface area contributed by atoms with Crippen LogP contribution in [0.1, 0.15) is 63.1 Å². The Labute approximate surface area is 342 Å². The lowest BCUT2D eigenvalue weighted by atomic mass is 9.86. The minimum atomic E-state index is -4.50. The zero-order chi connectivity index (χ0) is 41.8. The van der Waals surface area contributed by atoms with Crippen LogP contribution in [0, 0.1) is 0 Å². The quantitative estimate of drug-likeness (QED) is 0.0721. The summed E-state index contributed by atoms with van der Waals surface area (Å²) in [6.07, 6.45) is 0.920. The predicted octanol–water partition coefficient (Wildman–Crippen LogP) is 10.0. The maximum atomic E-state index is 14.4. The Morgan fingerprint density at radius 1 is 0.847 bits per heavy atom. The first-order valence-corrected chi connectivity index (χ1v) is 20.6. The van der Waals surface area contributed by atoms with Crippen LogP contribution in [-0.2, 0) is 28.5 Å². The first kappa shape index (κ1) is 41.1. The maximum Gasteiger partial charge on any atom is 0.417 e. The van der Waals surface area contributed by atoms with Gasteiger partial charge in [0.2, 0.25) is 0 Å². The van der Waals surface area contributed by atoms with Crippen LogP contribution >= 0.6 is 0 Å². The molecule has 0 bridgehead atoms. The fraction of sp³-hybridized carbons (Fsp3) is 0.306. The first-order chi connectivity index (χ1) is 28.5. The minimum Gasteiger partial charge on any atom is -0.466 e. The highest BCUT2D eigenvalue weighted by atomic mass is 19.4. The zero-order valence-corrected chi connectivity index (χ0v) is 34.2. The number of fused-ring (bicyclic) bond motifs is 7. The molecule has 0 radical (unpaired) electrons. The van der Waals surface area contributed by atoms with E-state index in [-0.39, 0.29) is 11.5 Å². The average molecular weight is 802 g/mol. The number of anilines is 3. The number of alkyl halides is 3. The molecule has 2 aliphatic heterocycles. The fourth-order valence-corrected chi connectivity index (χ4v) is 8.62. The van der Waals surface area contributed by atoms with E-state index in [0.29, 0.717) is 45.9 Å². The maximum absolute atomic E-state index is 14.4. The van der Waals surface area contributed by atoms with Gasteiger partial charge in [-0.1, -0.05) is 44.2 Å². The van der Waals surface area contributed by atoms with Crippen LogP contribution in [0.25, 0.3) is 54.6 Å². The van der Waals surface area contributed by atoms with E-state index in [0.717, 1.165) is 90.7 Å². The molecule has 306 valence electrons. The molecule has 2 aliphatic rings. The summed E-state index contributed by atoms with van der Waals surface area (Å²) in [5.74, 6) is -0.127. The van der Waals surface area contributed by atoms with E-state index in [9.17, 15) is 18.0 Å². The molecule has 9 rings (SSSR count). The smallest absolute Gasteiger partial charge is 0.417 e. The Morgan fingerprint density at radius 3 is 2.24 bits per heavy atom. The largest absolute Gasteiger partial charge is 0.466 e. The zero-order valence-electron chi connectivity index (χ0n) is 34.2. The second-order valence-corrected chi connectivity index (χ2v) is 15.0. The van der Waals surface area contributed by atoms with Gasteiger partial charge in [0.05, 0.1) is 12.2 Å². The topological polar surface area (TPSA) is 97.5 Å². The van der Waals surface area contributed by atoms with Gasteiger partial charge < -0.3 is 24.7 Å². The van der Waals surface area contributed by atoms with Gasteiger partial charge in [-0.05, 0) is 121 Å². The van der Waals surface area contributed by atoms with E-state index in [2.05, 4.69) is 21.9 Å². The van der Waals surface area contributed by atoms with Gasteiger partial charge in [0.25, 0.3) is 0 Å². The van der Waals surface area contributed by atoms with Gasteiger partial charge in [0, 0.05) is 89.4 Å². The van der Waals surface area contributed by atoms with Gasteiger partial charge in [-0.3, -0.25) is 10.2 Å². The Bertz CT molecular complexity index is 2700. The van der Waals surface area contributed by atoms with E-state index in [1.807, 2.05) is 88.5 Å². The number of benzene rings is 6. The van der Waals surface area contributed by atoms with Crippen molar-refractivity contribution >= 4 is 66.5 Å². The van der Waals surface area contributed by atoms with Crippen LogP contribution in [0.2, 0.25) is 0 Å². The number of rotatable bonds is 7.